The lowest BCUT2D eigenvalue weighted by Gasteiger charge is -2.16. The van der Waals surface area contributed by atoms with Crippen molar-refractivity contribution in [2.24, 2.45) is 7.05 Å². The lowest BCUT2D eigenvalue weighted by atomic mass is 10.2. The SMILES string of the molecule is Cn1cc(N2CC[C@H](NC(=O)C(=O)Nc3c(F)cccc3F)C2)cn1. The predicted molar refractivity (Wildman–Crippen MR) is 87.0 cm³/mol. The Morgan fingerprint density at radius 2 is 1.96 bits per heavy atom. The number of carbonyl (C=O) groups excluding carboxylic acids is 2. The molecule has 132 valence electrons. The summed E-state index contributed by atoms with van der Waals surface area (Å²) in [7, 11) is 1.81. The van der Waals surface area contributed by atoms with Gasteiger partial charge in [0, 0.05) is 32.4 Å². The maximum Gasteiger partial charge on any atom is 0.313 e. The minimum Gasteiger partial charge on any atom is -0.367 e. The van der Waals surface area contributed by atoms with Gasteiger partial charge in [-0.1, -0.05) is 6.07 Å². The van der Waals surface area contributed by atoms with E-state index >= 15 is 0 Å². The second kappa shape index (κ2) is 6.88. The smallest absolute Gasteiger partial charge is 0.313 e. The first kappa shape index (κ1) is 16.9. The fraction of sp³-hybridized carbons (Fsp3) is 0.312. The summed E-state index contributed by atoms with van der Waals surface area (Å²) in [6.07, 6.45) is 4.23. The van der Waals surface area contributed by atoms with E-state index in [1.165, 1.54) is 6.07 Å². The summed E-state index contributed by atoms with van der Waals surface area (Å²) in [6.45, 7) is 1.24. The van der Waals surface area contributed by atoms with Crippen LogP contribution >= 0.6 is 0 Å². The van der Waals surface area contributed by atoms with Crippen LogP contribution in [-0.4, -0.2) is 40.7 Å². The number of hydrogen-bond acceptors (Lipinski definition) is 4. The lowest BCUT2D eigenvalue weighted by molar-refractivity contribution is -0.136. The van der Waals surface area contributed by atoms with E-state index < -0.39 is 29.1 Å². The van der Waals surface area contributed by atoms with E-state index in [0.29, 0.717) is 19.5 Å². The number of amides is 2. The van der Waals surface area contributed by atoms with Crippen LogP contribution in [0.4, 0.5) is 20.2 Å². The molecule has 3 rings (SSSR count). The molecule has 1 aliphatic rings. The number of anilines is 2. The van der Waals surface area contributed by atoms with Gasteiger partial charge < -0.3 is 15.5 Å². The summed E-state index contributed by atoms with van der Waals surface area (Å²) in [4.78, 5) is 25.9. The van der Waals surface area contributed by atoms with Crippen LogP contribution in [0.25, 0.3) is 0 Å². The van der Waals surface area contributed by atoms with E-state index in [1.807, 2.05) is 23.5 Å². The highest BCUT2D eigenvalue weighted by Crippen LogP contribution is 2.20. The van der Waals surface area contributed by atoms with Gasteiger partial charge in [-0.3, -0.25) is 14.3 Å². The largest absolute Gasteiger partial charge is 0.367 e. The first-order chi connectivity index (χ1) is 11.9. The fourth-order valence-electron chi connectivity index (χ4n) is 2.72. The number of nitrogens with one attached hydrogen (secondary N) is 2. The monoisotopic (exact) mass is 349 g/mol. The van der Waals surface area contributed by atoms with Crippen molar-refractivity contribution in [2.45, 2.75) is 12.5 Å². The molecular formula is C16H17F2N5O2. The summed E-state index contributed by atoms with van der Waals surface area (Å²) in [5.74, 6) is -3.92. The topological polar surface area (TPSA) is 79.3 Å². The lowest BCUT2D eigenvalue weighted by Crippen LogP contribution is -2.43. The normalized spacial score (nSPS) is 16.8. The number of halogens is 2. The highest BCUT2D eigenvalue weighted by molar-refractivity contribution is 6.39. The molecule has 1 aromatic heterocycles. The minimum absolute atomic E-state index is 0.232. The van der Waals surface area contributed by atoms with Gasteiger partial charge in [-0.2, -0.15) is 5.10 Å². The Balaban J connectivity index is 1.56. The van der Waals surface area contributed by atoms with E-state index in [2.05, 4.69) is 10.4 Å². The van der Waals surface area contributed by atoms with Crippen molar-refractivity contribution in [3.8, 4) is 0 Å². The van der Waals surface area contributed by atoms with Crippen molar-refractivity contribution in [3.05, 3.63) is 42.2 Å². The maximum atomic E-state index is 13.5. The Hall–Kier alpha value is -2.97. The molecule has 0 bridgehead atoms. The van der Waals surface area contributed by atoms with Gasteiger partial charge in [0.25, 0.3) is 0 Å². The van der Waals surface area contributed by atoms with Gasteiger partial charge in [-0.05, 0) is 18.6 Å². The van der Waals surface area contributed by atoms with Crippen LogP contribution in [0.2, 0.25) is 0 Å². The first-order valence-corrected chi connectivity index (χ1v) is 7.73. The number of nitrogens with zero attached hydrogens (tertiary/aromatic N) is 3. The van der Waals surface area contributed by atoms with Gasteiger partial charge in [-0.25, -0.2) is 8.78 Å². The average Bonchev–Trinajstić information content (AvgIpc) is 3.19. The van der Waals surface area contributed by atoms with Gasteiger partial charge in [-0.15, -0.1) is 0 Å². The highest BCUT2D eigenvalue weighted by Gasteiger charge is 2.27. The van der Waals surface area contributed by atoms with Crippen LogP contribution < -0.4 is 15.5 Å². The number of carbonyl (C=O) groups is 2. The summed E-state index contributed by atoms with van der Waals surface area (Å²) in [5, 5.41) is 8.64. The molecule has 0 spiro atoms. The molecule has 2 amide bonds. The third kappa shape index (κ3) is 3.76. The molecule has 25 heavy (non-hydrogen) atoms. The molecule has 1 fully saturated rings. The van der Waals surface area contributed by atoms with Crippen molar-refractivity contribution >= 4 is 23.2 Å². The van der Waals surface area contributed by atoms with Gasteiger partial charge in [0.2, 0.25) is 0 Å². The van der Waals surface area contributed by atoms with Crippen molar-refractivity contribution in [2.75, 3.05) is 23.3 Å². The van der Waals surface area contributed by atoms with Crippen LogP contribution in [0.3, 0.4) is 0 Å². The molecule has 7 nitrogen and oxygen atoms in total. The summed E-state index contributed by atoms with van der Waals surface area (Å²) >= 11 is 0. The third-order valence-corrected chi connectivity index (χ3v) is 3.99. The zero-order valence-corrected chi connectivity index (χ0v) is 13.5. The summed E-state index contributed by atoms with van der Waals surface area (Å²) < 4.78 is 28.7. The first-order valence-electron chi connectivity index (χ1n) is 7.73. The molecule has 2 heterocycles. The summed E-state index contributed by atoms with van der Waals surface area (Å²) in [6, 6.07) is 2.94. The molecule has 0 unspecified atom stereocenters. The minimum atomic E-state index is -1.11. The Morgan fingerprint density at radius 1 is 1.24 bits per heavy atom. The zero-order valence-electron chi connectivity index (χ0n) is 13.5. The molecule has 9 heteroatoms. The second-order valence-electron chi connectivity index (χ2n) is 5.83. The molecule has 0 aliphatic carbocycles. The average molecular weight is 349 g/mol. The molecular weight excluding hydrogens is 332 g/mol. The Kier molecular flexibility index (Phi) is 4.64. The molecule has 2 aromatic rings. The van der Waals surface area contributed by atoms with Crippen LogP contribution in [0.1, 0.15) is 6.42 Å². The van der Waals surface area contributed by atoms with Crippen LogP contribution in [0.15, 0.2) is 30.6 Å². The van der Waals surface area contributed by atoms with E-state index in [-0.39, 0.29) is 6.04 Å². The second-order valence-corrected chi connectivity index (χ2v) is 5.83. The number of aromatic nitrogens is 2. The molecule has 1 aromatic carbocycles. The Bertz CT molecular complexity index is 787. The van der Waals surface area contributed by atoms with Gasteiger partial charge >= 0.3 is 11.8 Å². The van der Waals surface area contributed by atoms with Gasteiger partial charge in [0.1, 0.15) is 17.3 Å². The molecule has 0 saturated carbocycles. The maximum absolute atomic E-state index is 13.5. The van der Waals surface area contributed by atoms with Crippen molar-refractivity contribution in [1.29, 1.82) is 0 Å². The Morgan fingerprint density at radius 3 is 2.60 bits per heavy atom. The van der Waals surface area contributed by atoms with E-state index in [1.54, 1.807) is 10.9 Å². The quantitative estimate of drug-likeness (QED) is 0.812. The number of rotatable bonds is 3. The predicted octanol–water partition coefficient (Wildman–Crippen LogP) is 1.03. The Labute approximate surface area is 142 Å². The van der Waals surface area contributed by atoms with Crippen molar-refractivity contribution in [1.82, 2.24) is 15.1 Å². The van der Waals surface area contributed by atoms with E-state index in [0.717, 1.165) is 17.8 Å². The number of para-hydroxylation sites is 1. The van der Waals surface area contributed by atoms with Crippen LogP contribution in [-0.2, 0) is 16.6 Å². The number of benzene rings is 1. The highest BCUT2D eigenvalue weighted by atomic mass is 19.1. The van der Waals surface area contributed by atoms with Crippen molar-refractivity contribution in [3.63, 3.8) is 0 Å². The molecule has 2 N–H and O–H groups in total. The van der Waals surface area contributed by atoms with Gasteiger partial charge in [0.05, 0.1) is 11.9 Å². The van der Waals surface area contributed by atoms with Crippen LogP contribution in [0.5, 0.6) is 0 Å². The number of aryl methyl sites for hydroxylation is 1. The van der Waals surface area contributed by atoms with Crippen LogP contribution in [0, 0.1) is 11.6 Å². The molecule has 1 atom stereocenters. The standard InChI is InChI=1S/C16H17F2N5O2/c1-22-9-11(7-19-22)23-6-5-10(8-23)20-15(24)16(25)21-14-12(17)3-2-4-13(14)18/h2-4,7,9-10H,5-6,8H2,1H3,(H,20,24)(H,21,25)/t10-/m0/s1. The van der Waals surface area contributed by atoms with E-state index in [9.17, 15) is 18.4 Å². The third-order valence-electron chi connectivity index (χ3n) is 3.99. The molecule has 1 aliphatic heterocycles. The molecule has 1 saturated heterocycles. The molecule has 0 radical (unpaired) electrons. The van der Waals surface area contributed by atoms with E-state index in [4.69, 9.17) is 0 Å². The summed E-state index contributed by atoms with van der Waals surface area (Å²) in [5.41, 5.74) is 0.295. The fourth-order valence-corrected chi connectivity index (χ4v) is 2.72. The zero-order chi connectivity index (χ0) is 18.0. The van der Waals surface area contributed by atoms with Gasteiger partial charge in [0.15, 0.2) is 0 Å². The number of hydrogen-bond donors (Lipinski definition) is 2. The van der Waals surface area contributed by atoms with Crippen molar-refractivity contribution < 1.29 is 18.4 Å².